The first-order valence-electron chi connectivity index (χ1n) is 10.3. The van der Waals surface area contributed by atoms with Crippen LogP contribution in [0, 0.1) is 34.5 Å². The van der Waals surface area contributed by atoms with Gasteiger partial charge in [0.15, 0.2) is 17.9 Å². The first-order chi connectivity index (χ1) is 12.4. The van der Waals surface area contributed by atoms with Crippen molar-refractivity contribution in [2.24, 2.45) is 34.5 Å². The van der Waals surface area contributed by atoms with E-state index in [1.807, 2.05) is 6.08 Å². The average molecular weight is 360 g/mol. The lowest BCUT2D eigenvalue weighted by molar-refractivity contribution is -0.281. The van der Waals surface area contributed by atoms with Gasteiger partial charge in [0.1, 0.15) is 0 Å². The largest absolute Gasteiger partial charge is 0.391 e. The standard InChI is InChI=1S/C21H28O5/c1-19-7-6-12(23)8-11(19)2-3-13-14-4-5-16-20(14)9-15(17(13)19)25-18(20)26-21(16,24)10-22/h8,13-18,22,24H,2-7,9-10H2,1H3/t13-,14-,15-,16-,17+,18?,19-,20+,21?/m0/s1. The van der Waals surface area contributed by atoms with Gasteiger partial charge in [0, 0.05) is 17.8 Å². The first kappa shape index (κ1) is 16.2. The van der Waals surface area contributed by atoms with E-state index in [1.165, 1.54) is 5.57 Å². The molecular weight excluding hydrogens is 332 g/mol. The van der Waals surface area contributed by atoms with Gasteiger partial charge in [-0.25, -0.2) is 0 Å². The molecule has 1 spiro atoms. The highest BCUT2D eigenvalue weighted by Crippen LogP contribution is 2.75. The number of aliphatic hydroxyl groups excluding tert-OH is 1. The van der Waals surface area contributed by atoms with Crippen molar-refractivity contribution >= 4 is 5.78 Å². The summed E-state index contributed by atoms with van der Waals surface area (Å²) in [5, 5.41) is 20.6. The van der Waals surface area contributed by atoms with Gasteiger partial charge < -0.3 is 19.7 Å². The van der Waals surface area contributed by atoms with E-state index in [2.05, 4.69) is 6.92 Å². The topological polar surface area (TPSA) is 76.0 Å². The smallest absolute Gasteiger partial charge is 0.195 e. The van der Waals surface area contributed by atoms with E-state index < -0.39 is 5.79 Å². The summed E-state index contributed by atoms with van der Waals surface area (Å²) in [6.07, 6.45) is 8.36. The van der Waals surface area contributed by atoms with Gasteiger partial charge in [-0.1, -0.05) is 12.5 Å². The molecular formula is C21H28O5. The maximum absolute atomic E-state index is 12.0. The Balaban J connectivity index is 1.44. The Morgan fingerprint density at radius 2 is 2.12 bits per heavy atom. The van der Waals surface area contributed by atoms with Crippen molar-refractivity contribution in [1.29, 1.82) is 0 Å². The number of ketones is 1. The van der Waals surface area contributed by atoms with Crippen molar-refractivity contribution in [3.8, 4) is 0 Å². The molecule has 5 heteroatoms. The number of ether oxygens (including phenoxy) is 2. The van der Waals surface area contributed by atoms with Crippen LogP contribution in [0.4, 0.5) is 0 Å². The van der Waals surface area contributed by atoms with E-state index in [0.717, 1.165) is 38.5 Å². The van der Waals surface area contributed by atoms with E-state index in [-0.39, 0.29) is 41.5 Å². The zero-order valence-corrected chi connectivity index (χ0v) is 15.3. The monoisotopic (exact) mass is 360 g/mol. The molecule has 0 radical (unpaired) electrons. The fraction of sp³-hybridized carbons (Fsp3) is 0.857. The molecule has 5 nitrogen and oxygen atoms in total. The van der Waals surface area contributed by atoms with Crippen LogP contribution in [0.1, 0.15) is 51.9 Å². The summed E-state index contributed by atoms with van der Waals surface area (Å²) in [4.78, 5) is 12.0. The molecule has 0 aromatic carbocycles. The number of allylic oxidation sites excluding steroid dienone is 1. The number of aliphatic hydroxyl groups is 2. The fourth-order valence-electron chi connectivity index (χ4n) is 8.40. The van der Waals surface area contributed by atoms with Crippen LogP contribution in [-0.4, -0.2) is 40.8 Å². The Labute approximate surface area is 153 Å². The van der Waals surface area contributed by atoms with E-state index in [4.69, 9.17) is 9.47 Å². The zero-order chi connectivity index (χ0) is 17.9. The molecule has 2 N–H and O–H groups in total. The molecule has 3 saturated carbocycles. The number of fused-ring (bicyclic) bond motifs is 6. The molecule has 2 unspecified atom stereocenters. The molecule has 5 fully saturated rings. The van der Waals surface area contributed by atoms with Crippen molar-refractivity contribution in [3.05, 3.63) is 11.6 Å². The third kappa shape index (κ3) is 1.62. The number of hydrogen-bond acceptors (Lipinski definition) is 5. The second kappa shape index (κ2) is 4.80. The molecule has 2 saturated heterocycles. The van der Waals surface area contributed by atoms with Crippen LogP contribution in [0.5, 0.6) is 0 Å². The highest BCUT2D eigenvalue weighted by Gasteiger charge is 2.77. The number of carbonyl (C=O) groups is 1. The minimum Gasteiger partial charge on any atom is -0.391 e. The minimum atomic E-state index is -1.43. The Hall–Kier alpha value is -0.750. The van der Waals surface area contributed by atoms with Crippen LogP contribution in [0.2, 0.25) is 0 Å². The molecule has 2 aliphatic heterocycles. The van der Waals surface area contributed by atoms with Gasteiger partial charge in [-0.15, -0.1) is 0 Å². The van der Waals surface area contributed by atoms with Gasteiger partial charge in [-0.3, -0.25) is 4.79 Å². The highest BCUT2D eigenvalue weighted by molar-refractivity contribution is 5.91. The molecule has 6 rings (SSSR count). The second-order valence-corrected chi connectivity index (χ2v) is 9.96. The third-order valence-corrected chi connectivity index (χ3v) is 9.30. The Kier molecular flexibility index (Phi) is 3.00. The molecule has 0 aromatic rings. The summed E-state index contributed by atoms with van der Waals surface area (Å²) in [6, 6.07) is 0. The van der Waals surface area contributed by atoms with Crippen LogP contribution in [0.15, 0.2) is 11.6 Å². The highest BCUT2D eigenvalue weighted by atomic mass is 16.8. The minimum absolute atomic E-state index is 0.0152. The normalized spacial score (nSPS) is 59.7. The lowest BCUT2D eigenvalue weighted by Gasteiger charge is -2.57. The lowest BCUT2D eigenvalue weighted by Crippen LogP contribution is -2.55. The van der Waals surface area contributed by atoms with E-state index >= 15 is 0 Å². The molecule has 9 atom stereocenters. The van der Waals surface area contributed by atoms with Crippen molar-refractivity contribution in [3.63, 3.8) is 0 Å². The van der Waals surface area contributed by atoms with Crippen molar-refractivity contribution in [1.82, 2.24) is 0 Å². The molecule has 0 amide bonds. The number of rotatable bonds is 1. The van der Waals surface area contributed by atoms with Crippen LogP contribution >= 0.6 is 0 Å². The van der Waals surface area contributed by atoms with Crippen molar-refractivity contribution < 1.29 is 24.5 Å². The van der Waals surface area contributed by atoms with Gasteiger partial charge in [-0.05, 0) is 67.8 Å². The van der Waals surface area contributed by atoms with Gasteiger partial charge >= 0.3 is 0 Å². The third-order valence-electron chi connectivity index (χ3n) is 9.30. The molecule has 142 valence electrons. The SMILES string of the molecule is C[C@]12CCC(=O)C=C1CC[C@@H]1[C@@H]2[C@@H]2C[C@]34C(O2)OC(O)(CO)[C@H]3CC[C@@H]14. The Bertz CT molecular complexity index is 717. The zero-order valence-electron chi connectivity index (χ0n) is 15.3. The summed E-state index contributed by atoms with van der Waals surface area (Å²) < 4.78 is 12.5. The van der Waals surface area contributed by atoms with Crippen molar-refractivity contribution in [2.75, 3.05) is 6.61 Å². The summed E-state index contributed by atoms with van der Waals surface area (Å²) in [5.74, 6) is 0.351. The average Bonchev–Trinajstić information content (AvgIpc) is 3.21. The van der Waals surface area contributed by atoms with Crippen LogP contribution in [-0.2, 0) is 14.3 Å². The summed E-state index contributed by atoms with van der Waals surface area (Å²) in [7, 11) is 0. The van der Waals surface area contributed by atoms with E-state index in [9.17, 15) is 15.0 Å². The predicted octanol–water partition coefficient (Wildman–Crippen LogP) is 2.16. The van der Waals surface area contributed by atoms with E-state index in [1.54, 1.807) is 0 Å². The Morgan fingerprint density at radius 1 is 1.27 bits per heavy atom. The van der Waals surface area contributed by atoms with Crippen LogP contribution < -0.4 is 0 Å². The van der Waals surface area contributed by atoms with E-state index in [0.29, 0.717) is 24.2 Å². The quantitative estimate of drug-likeness (QED) is 0.749. The van der Waals surface area contributed by atoms with Crippen LogP contribution in [0.25, 0.3) is 0 Å². The Morgan fingerprint density at radius 3 is 2.92 bits per heavy atom. The first-order valence-corrected chi connectivity index (χ1v) is 10.3. The van der Waals surface area contributed by atoms with Gasteiger partial charge in [0.2, 0.25) is 0 Å². The molecule has 0 aromatic heterocycles. The maximum Gasteiger partial charge on any atom is 0.195 e. The molecule has 6 aliphatic rings. The fourth-order valence-corrected chi connectivity index (χ4v) is 8.40. The maximum atomic E-state index is 12.0. The molecule has 4 aliphatic carbocycles. The molecule has 2 bridgehead atoms. The lowest BCUT2D eigenvalue weighted by atomic mass is 9.46. The van der Waals surface area contributed by atoms with Crippen LogP contribution in [0.3, 0.4) is 0 Å². The van der Waals surface area contributed by atoms with Gasteiger partial charge in [0.05, 0.1) is 12.7 Å². The summed E-state index contributed by atoms with van der Waals surface area (Å²) in [5.41, 5.74) is 1.28. The summed E-state index contributed by atoms with van der Waals surface area (Å²) >= 11 is 0. The molecule has 2 heterocycles. The predicted molar refractivity (Wildman–Crippen MR) is 91.7 cm³/mol. The molecule has 26 heavy (non-hydrogen) atoms. The second-order valence-electron chi connectivity index (χ2n) is 9.96. The van der Waals surface area contributed by atoms with Gasteiger partial charge in [0.25, 0.3) is 0 Å². The van der Waals surface area contributed by atoms with Crippen molar-refractivity contribution in [2.45, 2.75) is 70.1 Å². The number of hydrogen-bond donors (Lipinski definition) is 2. The summed E-state index contributed by atoms with van der Waals surface area (Å²) in [6.45, 7) is 2.01. The van der Waals surface area contributed by atoms with Gasteiger partial charge in [-0.2, -0.15) is 0 Å². The number of carbonyl (C=O) groups excluding carboxylic acids is 1.